The standard InChI is InChI=1S/C16H24N2O4/c1-4-5-6-7-15(19)17-18-16(20)12(2)22-14-10-8-13(21-3)9-11-14/h8-12H,4-7H2,1-3H3,(H,17,19)(H,18,20). The van der Waals surface area contributed by atoms with Crippen LogP contribution in [0.4, 0.5) is 0 Å². The van der Waals surface area contributed by atoms with Gasteiger partial charge in [0.2, 0.25) is 5.91 Å². The van der Waals surface area contributed by atoms with Crippen LogP contribution in [0.15, 0.2) is 24.3 Å². The van der Waals surface area contributed by atoms with E-state index in [-0.39, 0.29) is 5.91 Å². The van der Waals surface area contributed by atoms with Crippen LogP contribution in [-0.4, -0.2) is 25.0 Å². The number of carbonyl (C=O) groups excluding carboxylic acids is 2. The van der Waals surface area contributed by atoms with Gasteiger partial charge in [-0.05, 0) is 37.6 Å². The molecule has 122 valence electrons. The monoisotopic (exact) mass is 308 g/mol. The summed E-state index contributed by atoms with van der Waals surface area (Å²) in [7, 11) is 1.58. The minimum atomic E-state index is -0.718. The number of nitrogens with one attached hydrogen (secondary N) is 2. The van der Waals surface area contributed by atoms with E-state index in [1.54, 1.807) is 38.3 Å². The van der Waals surface area contributed by atoms with Gasteiger partial charge in [0.15, 0.2) is 6.10 Å². The van der Waals surface area contributed by atoms with Crippen molar-refractivity contribution in [1.82, 2.24) is 10.9 Å². The highest BCUT2D eigenvalue weighted by atomic mass is 16.5. The number of hydrogen-bond acceptors (Lipinski definition) is 4. The SMILES string of the molecule is CCCCCC(=O)NNC(=O)C(C)Oc1ccc(OC)cc1. The molecule has 0 saturated heterocycles. The molecule has 0 aliphatic heterocycles. The number of hydrogen-bond donors (Lipinski definition) is 2. The number of hydrazine groups is 1. The van der Waals surface area contributed by atoms with Crippen molar-refractivity contribution in [2.75, 3.05) is 7.11 Å². The van der Waals surface area contributed by atoms with Crippen LogP contribution in [0.1, 0.15) is 39.5 Å². The second-order valence-corrected chi connectivity index (χ2v) is 4.93. The third-order valence-corrected chi connectivity index (χ3v) is 3.07. The summed E-state index contributed by atoms with van der Waals surface area (Å²) < 4.78 is 10.5. The van der Waals surface area contributed by atoms with Gasteiger partial charge in [-0.3, -0.25) is 20.4 Å². The molecule has 6 nitrogen and oxygen atoms in total. The Balaban J connectivity index is 2.33. The molecule has 1 aromatic rings. The summed E-state index contributed by atoms with van der Waals surface area (Å²) in [5.41, 5.74) is 4.75. The fraction of sp³-hybridized carbons (Fsp3) is 0.500. The first kappa shape index (κ1) is 17.8. The molecule has 0 heterocycles. The Kier molecular flexibility index (Phi) is 7.81. The van der Waals surface area contributed by atoms with Gasteiger partial charge in [-0.2, -0.15) is 0 Å². The normalized spacial score (nSPS) is 11.4. The van der Waals surface area contributed by atoms with Gasteiger partial charge in [-0.25, -0.2) is 0 Å². The second kappa shape index (κ2) is 9.65. The van der Waals surface area contributed by atoms with Gasteiger partial charge in [-0.15, -0.1) is 0 Å². The van der Waals surface area contributed by atoms with Crippen molar-refractivity contribution < 1.29 is 19.1 Å². The molecule has 1 aromatic carbocycles. The first-order chi connectivity index (χ1) is 10.6. The maximum Gasteiger partial charge on any atom is 0.279 e. The number of carbonyl (C=O) groups is 2. The molecule has 0 aromatic heterocycles. The first-order valence-corrected chi connectivity index (χ1v) is 7.46. The lowest BCUT2D eigenvalue weighted by atomic mass is 10.2. The minimum absolute atomic E-state index is 0.196. The number of methoxy groups -OCH3 is 1. The molecule has 6 heteroatoms. The van der Waals surface area contributed by atoms with Crippen molar-refractivity contribution in [3.8, 4) is 11.5 Å². The van der Waals surface area contributed by atoms with Gasteiger partial charge in [0.25, 0.3) is 5.91 Å². The maximum absolute atomic E-state index is 11.8. The second-order valence-electron chi connectivity index (χ2n) is 4.93. The van der Waals surface area contributed by atoms with Crippen LogP contribution >= 0.6 is 0 Å². The molecule has 1 atom stereocenters. The number of rotatable bonds is 8. The molecule has 22 heavy (non-hydrogen) atoms. The zero-order chi connectivity index (χ0) is 16.4. The topological polar surface area (TPSA) is 76.7 Å². The average molecular weight is 308 g/mol. The van der Waals surface area contributed by atoms with Crippen LogP contribution in [0.25, 0.3) is 0 Å². The number of amides is 2. The third-order valence-electron chi connectivity index (χ3n) is 3.07. The number of ether oxygens (including phenoxy) is 2. The van der Waals surface area contributed by atoms with Crippen molar-refractivity contribution in [3.63, 3.8) is 0 Å². The predicted octanol–water partition coefficient (Wildman–Crippen LogP) is 2.19. The molecule has 1 rings (SSSR count). The Morgan fingerprint density at radius 1 is 1.09 bits per heavy atom. The Morgan fingerprint density at radius 2 is 1.73 bits per heavy atom. The molecule has 0 fully saturated rings. The highest BCUT2D eigenvalue weighted by molar-refractivity contribution is 5.84. The molecular formula is C16H24N2O4. The van der Waals surface area contributed by atoms with Gasteiger partial charge in [0.1, 0.15) is 11.5 Å². The quantitative estimate of drug-likeness (QED) is 0.570. The smallest absolute Gasteiger partial charge is 0.279 e. The fourth-order valence-electron chi connectivity index (χ4n) is 1.74. The van der Waals surface area contributed by atoms with Crippen molar-refractivity contribution >= 4 is 11.8 Å². The van der Waals surface area contributed by atoms with E-state index >= 15 is 0 Å². The van der Waals surface area contributed by atoms with Crippen LogP contribution < -0.4 is 20.3 Å². The van der Waals surface area contributed by atoms with E-state index in [4.69, 9.17) is 9.47 Å². The first-order valence-electron chi connectivity index (χ1n) is 7.46. The molecule has 2 N–H and O–H groups in total. The molecule has 0 bridgehead atoms. The molecular weight excluding hydrogens is 284 g/mol. The lowest BCUT2D eigenvalue weighted by molar-refractivity contribution is -0.132. The molecule has 2 amide bonds. The molecule has 0 aliphatic carbocycles. The number of benzene rings is 1. The van der Waals surface area contributed by atoms with E-state index in [0.29, 0.717) is 17.9 Å². The van der Waals surface area contributed by atoms with Crippen LogP contribution in [0.3, 0.4) is 0 Å². The van der Waals surface area contributed by atoms with Gasteiger partial charge < -0.3 is 9.47 Å². The molecule has 0 aliphatic rings. The van der Waals surface area contributed by atoms with Gasteiger partial charge in [0.05, 0.1) is 7.11 Å². The summed E-state index contributed by atoms with van der Waals surface area (Å²) in [4.78, 5) is 23.3. The highest BCUT2D eigenvalue weighted by Crippen LogP contribution is 2.18. The van der Waals surface area contributed by atoms with Crippen molar-refractivity contribution in [1.29, 1.82) is 0 Å². The lowest BCUT2D eigenvalue weighted by Gasteiger charge is -2.15. The molecule has 0 saturated carbocycles. The van der Waals surface area contributed by atoms with Crippen molar-refractivity contribution in [2.45, 2.75) is 45.6 Å². The van der Waals surface area contributed by atoms with E-state index in [9.17, 15) is 9.59 Å². The Bertz CT molecular complexity index is 474. The largest absolute Gasteiger partial charge is 0.497 e. The van der Waals surface area contributed by atoms with E-state index in [1.165, 1.54) is 0 Å². The van der Waals surface area contributed by atoms with E-state index in [2.05, 4.69) is 17.8 Å². The van der Waals surface area contributed by atoms with Crippen LogP contribution in [0, 0.1) is 0 Å². The van der Waals surface area contributed by atoms with Crippen LogP contribution in [0.2, 0.25) is 0 Å². The Labute approximate surface area is 131 Å². The highest BCUT2D eigenvalue weighted by Gasteiger charge is 2.15. The van der Waals surface area contributed by atoms with Crippen LogP contribution in [-0.2, 0) is 9.59 Å². The summed E-state index contributed by atoms with van der Waals surface area (Å²) in [6.07, 6.45) is 2.55. The van der Waals surface area contributed by atoms with Gasteiger partial charge in [-0.1, -0.05) is 19.8 Å². The summed E-state index contributed by atoms with van der Waals surface area (Å²) in [5.74, 6) is 0.666. The van der Waals surface area contributed by atoms with E-state index < -0.39 is 12.0 Å². The molecule has 1 unspecified atom stereocenters. The summed E-state index contributed by atoms with van der Waals surface area (Å²) in [5, 5.41) is 0. The zero-order valence-corrected chi connectivity index (χ0v) is 13.3. The summed E-state index contributed by atoms with van der Waals surface area (Å²) >= 11 is 0. The summed E-state index contributed by atoms with van der Waals surface area (Å²) in [6, 6.07) is 6.92. The third kappa shape index (κ3) is 6.47. The molecule has 0 spiro atoms. The van der Waals surface area contributed by atoms with E-state index in [1.807, 2.05) is 0 Å². The van der Waals surface area contributed by atoms with Crippen LogP contribution in [0.5, 0.6) is 11.5 Å². The van der Waals surface area contributed by atoms with Crippen molar-refractivity contribution in [2.24, 2.45) is 0 Å². The average Bonchev–Trinajstić information content (AvgIpc) is 2.53. The zero-order valence-electron chi connectivity index (χ0n) is 13.3. The fourth-order valence-corrected chi connectivity index (χ4v) is 1.74. The van der Waals surface area contributed by atoms with Crippen molar-refractivity contribution in [3.05, 3.63) is 24.3 Å². The summed E-state index contributed by atoms with van der Waals surface area (Å²) in [6.45, 7) is 3.68. The maximum atomic E-state index is 11.8. The molecule has 0 radical (unpaired) electrons. The predicted molar refractivity (Wildman–Crippen MR) is 83.5 cm³/mol. The Hall–Kier alpha value is -2.24. The van der Waals surface area contributed by atoms with Gasteiger partial charge in [0, 0.05) is 6.42 Å². The van der Waals surface area contributed by atoms with Gasteiger partial charge >= 0.3 is 0 Å². The number of unbranched alkanes of at least 4 members (excludes halogenated alkanes) is 2. The lowest BCUT2D eigenvalue weighted by Crippen LogP contribution is -2.47. The minimum Gasteiger partial charge on any atom is -0.497 e. The van der Waals surface area contributed by atoms with E-state index in [0.717, 1.165) is 19.3 Å². The Morgan fingerprint density at radius 3 is 2.32 bits per heavy atom.